The van der Waals surface area contributed by atoms with Gasteiger partial charge in [-0.2, -0.15) is 0 Å². The first-order valence-electron chi connectivity index (χ1n) is 15.2. The number of hydrogen-bond acceptors (Lipinski definition) is 8. The first kappa shape index (κ1) is 29.6. The van der Waals surface area contributed by atoms with Crippen LogP contribution in [0.1, 0.15) is 47.7 Å². The number of amides is 1. The van der Waals surface area contributed by atoms with E-state index >= 15 is 0 Å². The van der Waals surface area contributed by atoms with Gasteiger partial charge in [0.1, 0.15) is 24.2 Å². The summed E-state index contributed by atoms with van der Waals surface area (Å²) >= 11 is 1.33. The molecule has 1 saturated heterocycles. The lowest BCUT2D eigenvalue weighted by molar-refractivity contribution is -0.132. The van der Waals surface area contributed by atoms with Gasteiger partial charge >= 0.3 is 5.91 Å². The smallest absolute Gasteiger partial charge is 0.301 e. The van der Waals surface area contributed by atoms with Crippen LogP contribution in [-0.4, -0.2) is 34.5 Å². The Bertz CT molecular complexity index is 2020. The Morgan fingerprint density at radius 1 is 1.00 bits per heavy atom. The van der Waals surface area contributed by atoms with Gasteiger partial charge in [-0.15, -0.1) is 0 Å². The van der Waals surface area contributed by atoms with Crippen molar-refractivity contribution in [3.8, 4) is 17.2 Å². The predicted molar refractivity (Wildman–Crippen MR) is 178 cm³/mol. The highest BCUT2D eigenvalue weighted by molar-refractivity contribution is 7.22. The summed E-state index contributed by atoms with van der Waals surface area (Å²) in [7, 11) is 0. The molecule has 1 fully saturated rings. The third-order valence-corrected chi connectivity index (χ3v) is 9.19. The van der Waals surface area contributed by atoms with Crippen molar-refractivity contribution in [1.29, 1.82) is 0 Å². The molecule has 2 atom stereocenters. The van der Waals surface area contributed by atoms with Gasteiger partial charge in [-0.25, -0.2) is 4.98 Å². The molecule has 8 nitrogen and oxygen atoms in total. The van der Waals surface area contributed by atoms with Gasteiger partial charge in [0.2, 0.25) is 0 Å². The molecule has 0 bridgehead atoms. The lowest BCUT2D eigenvalue weighted by Crippen LogP contribution is -2.29. The summed E-state index contributed by atoms with van der Waals surface area (Å²) in [6, 6.07) is 25.4. The van der Waals surface area contributed by atoms with Crippen LogP contribution in [0.25, 0.3) is 16.0 Å². The summed E-state index contributed by atoms with van der Waals surface area (Å²) in [5, 5.41) is 12.1. The zero-order valence-electron chi connectivity index (χ0n) is 25.7. The van der Waals surface area contributed by atoms with Crippen molar-refractivity contribution in [3.63, 3.8) is 0 Å². The highest BCUT2D eigenvalue weighted by Crippen LogP contribution is 2.46. The van der Waals surface area contributed by atoms with Crippen molar-refractivity contribution in [2.45, 2.75) is 45.9 Å². The number of hydrogen-bond donors (Lipinski definition) is 1. The van der Waals surface area contributed by atoms with Gasteiger partial charge in [0.05, 0.1) is 28.4 Å². The molecule has 0 radical (unpaired) electrons. The Kier molecular flexibility index (Phi) is 7.70. The molecule has 1 aromatic heterocycles. The number of aliphatic hydroxyl groups excluding tert-OH is 1. The summed E-state index contributed by atoms with van der Waals surface area (Å²) in [5.41, 5.74) is 4.71. The first-order chi connectivity index (χ1) is 22.3. The number of anilines is 1. The van der Waals surface area contributed by atoms with Crippen molar-refractivity contribution in [2.24, 2.45) is 0 Å². The minimum absolute atomic E-state index is 0.0141. The lowest BCUT2D eigenvalue weighted by atomic mass is 9.94. The van der Waals surface area contributed by atoms with Gasteiger partial charge < -0.3 is 19.3 Å². The fourth-order valence-corrected chi connectivity index (χ4v) is 7.10. The largest absolute Gasteiger partial charge is 0.507 e. The molecule has 4 aromatic carbocycles. The van der Waals surface area contributed by atoms with Gasteiger partial charge in [-0.1, -0.05) is 53.8 Å². The molecule has 9 heteroatoms. The van der Waals surface area contributed by atoms with Crippen LogP contribution in [0.15, 0.2) is 90.5 Å². The fourth-order valence-electron chi connectivity index (χ4n) is 6.01. The number of thiazole rings is 1. The average molecular weight is 633 g/mol. The molecular formula is C37H32N2O6S. The van der Waals surface area contributed by atoms with E-state index in [0.717, 1.165) is 32.7 Å². The number of aryl methyl sites for hydroxylation is 1. The molecule has 3 heterocycles. The maximum Gasteiger partial charge on any atom is 0.301 e. The molecule has 0 saturated carbocycles. The van der Waals surface area contributed by atoms with Gasteiger partial charge in [-0.05, 0) is 85.5 Å². The van der Waals surface area contributed by atoms with E-state index in [1.165, 1.54) is 16.2 Å². The Balaban J connectivity index is 1.36. The van der Waals surface area contributed by atoms with E-state index in [9.17, 15) is 14.7 Å². The number of ketones is 1. The van der Waals surface area contributed by atoms with E-state index in [2.05, 4.69) is 0 Å². The van der Waals surface area contributed by atoms with Gasteiger partial charge in [0.25, 0.3) is 5.78 Å². The number of aromatic nitrogens is 1. The molecule has 0 spiro atoms. The molecular weight excluding hydrogens is 600 g/mol. The maximum atomic E-state index is 13.9. The Morgan fingerprint density at radius 3 is 2.63 bits per heavy atom. The number of benzene rings is 4. The second-order valence-electron chi connectivity index (χ2n) is 11.5. The highest BCUT2D eigenvalue weighted by atomic mass is 32.1. The van der Waals surface area contributed by atoms with Crippen molar-refractivity contribution in [1.82, 2.24) is 4.98 Å². The molecule has 0 aliphatic carbocycles. The predicted octanol–water partition coefficient (Wildman–Crippen LogP) is 7.53. The number of Topliss-reactive ketones (excluding diaryl/α,β-unsaturated/α-hetero) is 1. The number of fused-ring (bicyclic) bond motifs is 2. The van der Waals surface area contributed by atoms with Crippen LogP contribution in [0.5, 0.6) is 17.2 Å². The summed E-state index contributed by atoms with van der Waals surface area (Å²) in [4.78, 5) is 33.9. The number of rotatable bonds is 8. The highest BCUT2D eigenvalue weighted by Gasteiger charge is 2.48. The van der Waals surface area contributed by atoms with Crippen LogP contribution in [0.4, 0.5) is 5.13 Å². The Hall–Kier alpha value is -5.15. The van der Waals surface area contributed by atoms with E-state index in [1.807, 2.05) is 75.4 Å². The van der Waals surface area contributed by atoms with Gasteiger partial charge in [0, 0.05) is 12.0 Å². The van der Waals surface area contributed by atoms with Crippen LogP contribution in [0.2, 0.25) is 0 Å². The molecule has 1 N–H and O–H groups in total. The number of ether oxygens (including phenoxy) is 3. The van der Waals surface area contributed by atoms with Crippen molar-refractivity contribution in [3.05, 3.63) is 118 Å². The third kappa shape index (κ3) is 5.37. The first-order valence-corrected chi connectivity index (χ1v) is 16.0. The molecule has 2 aliphatic heterocycles. The normalized spacial score (nSPS) is 18.5. The lowest BCUT2D eigenvalue weighted by Gasteiger charge is -2.24. The topological polar surface area (TPSA) is 98.2 Å². The van der Waals surface area contributed by atoms with Gasteiger partial charge in [0.15, 0.2) is 16.6 Å². The second-order valence-corrected chi connectivity index (χ2v) is 12.5. The Morgan fingerprint density at radius 2 is 1.83 bits per heavy atom. The van der Waals surface area contributed by atoms with E-state index in [1.54, 1.807) is 30.3 Å². The minimum atomic E-state index is -0.965. The van der Waals surface area contributed by atoms with Gasteiger partial charge in [-0.3, -0.25) is 14.5 Å². The second kappa shape index (κ2) is 12.0. The molecule has 46 heavy (non-hydrogen) atoms. The van der Waals surface area contributed by atoms with E-state index in [0.29, 0.717) is 47.4 Å². The van der Waals surface area contributed by atoms with E-state index in [-0.39, 0.29) is 17.4 Å². The van der Waals surface area contributed by atoms with Crippen molar-refractivity contribution < 1.29 is 28.9 Å². The van der Waals surface area contributed by atoms with Crippen LogP contribution in [0.3, 0.4) is 0 Å². The fraction of sp³-hybridized carbons (Fsp3) is 0.216. The van der Waals surface area contributed by atoms with Crippen LogP contribution < -0.4 is 19.1 Å². The molecule has 2 unspecified atom stereocenters. The summed E-state index contributed by atoms with van der Waals surface area (Å²) in [5.74, 6) is -0.0706. The average Bonchev–Trinajstić information content (AvgIpc) is 3.72. The van der Waals surface area contributed by atoms with Crippen LogP contribution in [-0.2, 0) is 22.6 Å². The SMILES string of the molecule is CCOc1cc(C2C(=C(O)c3ccc4c(c3)CC(C)O4)C(=O)C(=O)N2c2nc3ccc(C)cc3s2)ccc1OCc1ccccc1. The third-order valence-electron chi connectivity index (χ3n) is 8.17. The zero-order valence-corrected chi connectivity index (χ0v) is 26.5. The quantitative estimate of drug-likeness (QED) is 0.107. The molecule has 232 valence electrons. The molecule has 5 aromatic rings. The number of carbonyl (C=O) groups is 2. The zero-order chi connectivity index (χ0) is 31.9. The number of nitrogens with zero attached hydrogens (tertiary/aromatic N) is 2. The van der Waals surface area contributed by atoms with Crippen molar-refractivity contribution >= 4 is 44.1 Å². The minimum Gasteiger partial charge on any atom is -0.507 e. The van der Waals surface area contributed by atoms with Crippen molar-refractivity contribution in [2.75, 3.05) is 11.5 Å². The molecule has 7 rings (SSSR count). The maximum absolute atomic E-state index is 13.9. The van der Waals surface area contributed by atoms with E-state index in [4.69, 9.17) is 19.2 Å². The number of aliphatic hydroxyl groups is 1. The summed E-state index contributed by atoms with van der Waals surface area (Å²) in [6.07, 6.45) is 0.696. The standard InChI is InChI=1S/C37H32N2O6S/c1-4-43-30-19-24(11-15-29(30)44-20-23-8-6-5-7-9-23)33-32(34(40)25-12-14-28-26(18-25)17-22(3)45-28)35(41)36(42)39(33)37-38-27-13-10-21(2)16-31(27)46-37/h5-16,18-19,22,33,40H,4,17,20H2,1-3H3. The number of carbonyl (C=O) groups excluding carboxylic acids is 2. The summed E-state index contributed by atoms with van der Waals surface area (Å²) in [6.45, 7) is 6.56. The summed E-state index contributed by atoms with van der Waals surface area (Å²) < 4.78 is 18.9. The van der Waals surface area contributed by atoms with Crippen LogP contribution in [0, 0.1) is 6.92 Å². The monoisotopic (exact) mass is 632 g/mol. The Labute approximate surface area is 270 Å². The van der Waals surface area contributed by atoms with Crippen LogP contribution >= 0.6 is 11.3 Å². The van der Waals surface area contributed by atoms with E-state index < -0.39 is 17.7 Å². The molecule has 2 aliphatic rings. The molecule has 1 amide bonds.